The molecule has 0 bridgehead atoms. The molecule has 0 spiro atoms. The third-order valence-electron chi connectivity index (χ3n) is 2.58. The smallest absolute Gasteiger partial charge is 0.138 e. The van der Waals surface area contributed by atoms with Gasteiger partial charge in [-0.3, -0.25) is 0 Å². The van der Waals surface area contributed by atoms with Crippen LogP contribution in [0.25, 0.3) is 0 Å². The Balaban J connectivity index is 2.62. The lowest BCUT2D eigenvalue weighted by Gasteiger charge is -2.18. The first-order valence-electron chi connectivity index (χ1n) is 5.89. The number of unbranched alkanes of at least 4 members (excludes halogenated alkanes) is 1. The molecule has 3 heteroatoms. The Morgan fingerprint density at radius 3 is 2.69 bits per heavy atom. The third kappa shape index (κ3) is 3.93. The monoisotopic (exact) mass is 241 g/mol. The molecular weight excluding hydrogens is 222 g/mol. The van der Waals surface area contributed by atoms with Crippen LogP contribution in [0.5, 0.6) is 5.75 Å². The highest BCUT2D eigenvalue weighted by Gasteiger charge is 2.10. The average molecular weight is 242 g/mol. The zero-order chi connectivity index (χ0) is 12.0. The number of benzene rings is 1. The Bertz CT molecular complexity index is 328. The zero-order valence-corrected chi connectivity index (χ0v) is 10.8. The minimum absolute atomic E-state index is 0.251. The van der Waals surface area contributed by atoms with Crippen LogP contribution in [0.3, 0.4) is 0 Å². The van der Waals surface area contributed by atoms with Gasteiger partial charge in [0, 0.05) is 5.69 Å². The van der Waals surface area contributed by atoms with Gasteiger partial charge >= 0.3 is 0 Å². The zero-order valence-electron chi connectivity index (χ0n) is 10.0. The third-order valence-corrected chi connectivity index (χ3v) is 2.88. The second kappa shape index (κ2) is 6.64. The Labute approximate surface area is 103 Å². The number of nitrogen functional groups attached to an aromatic ring is 1. The fourth-order valence-electron chi connectivity index (χ4n) is 1.57. The lowest BCUT2D eigenvalue weighted by Crippen LogP contribution is -2.15. The van der Waals surface area contributed by atoms with Gasteiger partial charge in [-0.25, -0.2) is 0 Å². The molecule has 0 aliphatic heterocycles. The SMILES string of the molecule is CCCCC(CC)Oc1ccc(N)cc1Cl. The molecule has 0 aliphatic rings. The van der Waals surface area contributed by atoms with Crippen LogP contribution in [0.15, 0.2) is 18.2 Å². The molecule has 2 N–H and O–H groups in total. The van der Waals surface area contributed by atoms with Crippen LogP contribution in [0, 0.1) is 0 Å². The van der Waals surface area contributed by atoms with Crippen molar-refractivity contribution in [1.29, 1.82) is 0 Å². The molecule has 0 aliphatic carbocycles. The first-order valence-corrected chi connectivity index (χ1v) is 6.26. The van der Waals surface area contributed by atoms with Crippen molar-refractivity contribution >= 4 is 17.3 Å². The van der Waals surface area contributed by atoms with Crippen LogP contribution in [0.1, 0.15) is 39.5 Å². The average Bonchev–Trinajstić information content (AvgIpc) is 2.27. The number of nitrogens with two attached hydrogens (primary N) is 1. The number of halogens is 1. The van der Waals surface area contributed by atoms with Gasteiger partial charge in [-0.1, -0.05) is 38.3 Å². The Morgan fingerprint density at radius 1 is 1.38 bits per heavy atom. The predicted molar refractivity (Wildman–Crippen MR) is 70.1 cm³/mol. The van der Waals surface area contributed by atoms with Gasteiger partial charge in [0.25, 0.3) is 0 Å². The number of rotatable bonds is 6. The largest absolute Gasteiger partial charge is 0.489 e. The summed E-state index contributed by atoms with van der Waals surface area (Å²) in [5.41, 5.74) is 6.30. The Hall–Kier alpha value is -0.890. The normalized spacial score (nSPS) is 12.4. The quantitative estimate of drug-likeness (QED) is 0.755. The molecule has 0 saturated heterocycles. The minimum atomic E-state index is 0.251. The van der Waals surface area contributed by atoms with Crippen molar-refractivity contribution in [3.05, 3.63) is 23.2 Å². The summed E-state index contributed by atoms with van der Waals surface area (Å²) in [4.78, 5) is 0. The highest BCUT2D eigenvalue weighted by Crippen LogP contribution is 2.28. The predicted octanol–water partition coefficient (Wildman–Crippen LogP) is 4.27. The van der Waals surface area contributed by atoms with Crippen molar-refractivity contribution in [3.63, 3.8) is 0 Å². The molecule has 1 aromatic rings. The van der Waals surface area contributed by atoms with Gasteiger partial charge in [-0.15, -0.1) is 0 Å². The summed E-state index contributed by atoms with van der Waals surface area (Å²) in [5.74, 6) is 0.735. The lowest BCUT2D eigenvalue weighted by molar-refractivity contribution is 0.183. The molecule has 0 aromatic heterocycles. The highest BCUT2D eigenvalue weighted by atomic mass is 35.5. The maximum atomic E-state index is 6.06. The van der Waals surface area contributed by atoms with Crippen LogP contribution in [-0.4, -0.2) is 6.10 Å². The summed E-state index contributed by atoms with van der Waals surface area (Å²) >= 11 is 6.06. The molecule has 1 unspecified atom stereocenters. The van der Waals surface area contributed by atoms with E-state index in [1.165, 1.54) is 12.8 Å². The number of anilines is 1. The molecule has 0 fully saturated rings. The summed E-state index contributed by atoms with van der Waals surface area (Å²) in [7, 11) is 0. The van der Waals surface area contributed by atoms with E-state index in [0.717, 1.165) is 18.6 Å². The Morgan fingerprint density at radius 2 is 2.12 bits per heavy atom. The van der Waals surface area contributed by atoms with E-state index in [-0.39, 0.29) is 6.10 Å². The number of hydrogen-bond acceptors (Lipinski definition) is 2. The van der Waals surface area contributed by atoms with Crippen molar-refractivity contribution in [2.24, 2.45) is 0 Å². The van der Waals surface area contributed by atoms with Gasteiger partial charge < -0.3 is 10.5 Å². The van der Waals surface area contributed by atoms with E-state index < -0.39 is 0 Å². The second-order valence-electron chi connectivity index (χ2n) is 3.98. The van der Waals surface area contributed by atoms with Crippen LogP contribution >= 0.6 is 11.6 Å². The molecule has 16 heavy (non-hydrogen) atoms. The Kier molecular flexibility index (Phi) is 5.47. The molecule has 0 heterocycles. The molecule has 1 aromatic carbocycles. The van der Waals surface area contributed by atoms with E-state index in [0.29, 0.717) is 10.7 Å². The van der Waals surface area contributed by atoms with E-state index in [2.05, 4.69) is 13.8 Å². The minimum Gasteiger partial charge on any atom is -0.489 e. The van der Waals surface area contributed by atoms with Crippen LogP contribution in [-0.2, 0) is 0 Å². The lowest BCUT2D eigenvalue weighted by atomic mass is 10.1. The molecule has 2 nitrogen and oxygen atoms in total. The van der Waals surface area contributed by atoms with Crippen LogP contribution < -0.4 is 10.5 Å². The van der Waals surface area contributed by atoms with E-state index >= 15 is 0 Å². The van der Waals surface area contributed by atoms with Crippen LogP contribution in [0.4, 0.5) is 5.69 Å². The van der Waals surface area contributed by atoms with Gasteiger partial charge in [-0.2, -0.15) is 0 Å². The molecule has 0 radical (unpaired) electrons. The summed E-state index contributed by atoms with van der Waals surface area (Å²) in [6, 6.07) is 5.38. The molecule has 1 rings (SSSR count). The van der Waals surface area contributed by atoms with Crippen molar-refractivity contribution < 1.29 is 4.74 Å². The molecular formula is C13H20ClNO. The molecule has 0 saturated carbocycles. The summed E-state index contributed by atoms with van der Waals surface area (Å²) in [6.07, 6.45) is 4.70. The van der Waals surface area contributed by atoms with E-state index in [1.54, 1.807) is 6.07 Å². The topological polar surface area (TPSA) is 35.2 Å². The van der Waals surface area contributed by atoms with Gasteiger partial charge in [0.15, 0.2) is 0 Å². The van der Waals surface area contributed by atoms with E-state index in [1.807, 2.05) is 12.1 Å². The maximum absolute atomic E-state index is 6.06. The van der Waals surface area contributed by atoms with Crippen molar-refractivity contribution in [1.82, 2.24) is 0 Å². The van der Waals surface area contributed by atoms with E-state index in [4.69, 9.17) is 22.1 Å². The van der Waals surface area contributed by atoms with Crippen LogP contribution in [0.2, 0.25) is 5.02 Å². The number of ether oxygens (including phenoxy) is 1. The molecule has 1 atom stereocenters. The standard InChI is InChI=1S/C13H20ClNO/c1-3-5-6-11(4-2)16-13-8-7-10(15)9-12(13)14/h7-9,11H,3-6,15H2,1-2H3. The summed E-state index contributed by atoms with van der Waals surface area (Å²) in [6.45, 7) is 4.31. The molecule has 90 valence electrons. The van der Waals surface area contributed by atoms with Gasteiger partial charge in [0.05, 0.1) is 11.1 Å². The first-order chi connectivity index (χ1) is 7.67. The van der Waals surface area contributed by atoms with Gasteiger partial charge in [-0.05, 0) is 31.0 Å². The summed E-state index contributed by atoms with van der Waals surface area (Å²) < 4.78 is 5.86. The van der Waals surface area contributed by atoms with Crippen molar-refractivity contribution in [3.8, 4) is 5.75 Å². The maximum Gasteiger partial charge on any atom is 0.138 e. The first kappa shape index (κ1) is 13.2. The fourth-order valence-corrected chi connectivity index (χ4v) is 1.80. The summed E-state index contributed by atoms with van der Waals surface area (Å²) in [5, 5.41) is 0.593. The van der Waals surface area contributed by atoms with Gasteiger partial charge in [0.1, 0.15) is 5.75 Å². The van der Waals surface area contributed by atoms with Crippen molar-refractivity contribution in [2.75, 3.05) is 5.73 Å². The van der Waals surface area contributed by atoms with Crippen molar-refractivity contribution in [2.45, 2.75) is 45.6 Å². The van der Waals surface area contributed by atoms with E-state index in [9.17, 15) is 0 Å². The van der Waals surface area contributed by atoms with Gasteiger partial charge in [0.2, 0.25) is 0 Å². The highest BCUT2D eigenvalue weighted by molar-refractivity contribution is 6.32. The molecule has 0 amide bonds. The second-order valence-corrected chi connectivity index (χ2v) is 4.39. The number of hydrogen-bond donors (Lipinski definition) is 1. The fraction of sp³-hybridized carbons (Fsp3) is 0.538.